The Morgan fingerprint density at radius 1 is 1.30 bits per heavy atom. The number of anilines is 2. The summed E-state index contributed by atoms with van der Waals surface area (Å²) in [6.07, 6.45) is 3.29. The summed E-state index contributed by atoms with van der Waals surface area (Å²) in [5, 5.41) is 18.8. The standard InChI is InChI=1S/C20H16F3N7/c1-4-13(9-24)8-15-12(3)18(27-17-7-11(2)29-30-17)28-19(26-15)20(22,23)16-6-5-14(21)10-25-16/h4-8,10H,1H2,2-3H3,(H2,26,27,28,29,30)/b13-8+. The van der Waals surface area contributed by atoms with Gasteiger partial charge >= 0.3 is 5.92 Å². The summed E-state index contributed by atoms with van der Waals surface area (Å²) >= 11 is 0. The molecule has 152 valence electrons. The number of nitrogens with zero attached hydrogens (tertiary/aromatic N) is 5. The number of nitriles is 1. The van der Waals surface area contributed by atoms with Crippen LogP contribution in [0.4, 0.5) is 24.8 Å². The van der Waals surface area contributed by atoms with E-state index in [-0.39, 0.29) is 17.1 Å². The number of aromatic nitrogens is 5. The maximum Gasteiger partial charge on any atom is 0.348 e. The van der Waals surface area contributed by atoms with Gasteiger partial charge in [0, 0.05) is 17.3 Å². The van der Waals surface area contributed by atoms with Crippen LogP contribution in [0.2, 0.25) is 0 Å². The third kappa shape index (κ3) is 4.20. The minimum absolute atomic E-state index is 0.0703. The highest BCUT2D eigenvalue weighted by Crippen LogP contribution is 2.34. The molecule has 3 rings (SSSR count). The molecule has 0 aliphatic rings. The second kappa shape index (κ2) is 8.16. The van der Waals surface area contributed by atoms with E-state index in [0.29, 0.717) is 17.6 Å². The molecule has 0 unspecified atom stereocenters. The molecule has 0 radical (unpaired) electrons. The van der Waals surface area contributed by atoms with E-state index in [2.05, 4.69) is 37.0 Å². The minimum atomic E-state index is -3.72. The Balaban J connectivity index is 2.17. The van der Waals surface area contributed by atoms with E-state index in [4.69, 9.17) is 5.26 Å². The molecule has 0 amide bonds. The molecule has 0 fully saturated rings. The van der Waals surface area contributed by atoms with Crippen molar-refractivity contribution in [1.29, 1.82) is 5.26 Å². The number of alkyl halides is 2. The maximum atomic E-state index is 15.1. The average Bonchev–Trinajstić information content (AvgIpc) is 3.13. The summed E-state index contributed by atoms with van der Waals surface area (Å²) in [6.45, 7) is 6.91. The summed E-state index contributed by atoms with van der Waals surface area (Å²) in [6, 6.07) is 5.31. The van der Waals surface area contributed by atoms with Crippen LogP contribution >= 0.6 is 0 Å². The van der Waals surface area contributed by atoms with Crippen LogP contribution < -0.4 is 5.32 Å². The fourth-order valence-corrected chi connectivity index (χ4v) is 2.50. The molecule has 0 aromatic carbocycles. The zero-order valence-corrected chi connectivity index (χ0v) is 16.0. The molecule has 0 saturated heterocycles. The van der Waals surface area contributed by atoms with E-state index in [9.17, 15) is 4.39 Å². The van der Waals surface area contributed by atoms with Gasteiger partial charge in [-0.25, -0.2) is 14.4 Å². The van der Waals surface area contributed by atoms with Gasteiger partial charge in [0.15, 0.2) is 5.82 Å². The van der Waals surface area contributed by atoms with Gasteiger partial charge in [-0.3, -0.25) is 10.1 Å². The number of allylic oxidation sites excluding steroid dienone is 2. The molecule has 0 spiro atoms. The Morgan fingerprint density at radius 3 is 2.63 bits per heavy atom. The second-order valence-corrected chi connectivity index (χ2v) is 6.32. The Bertz CT molecular complexity index is 1160. The zero-order chi connectivity index (χ0) is 21.9. The van der Waals surface area contributed by atoms with E-state index in [1.165, 1.54) is 12.2 Å². The highest BCUT2D eigenvalue weighted by Gasteiger charge is 2.40. The van der Waals surface area contributed by atoms with Gasteiger partial charge in [-0.05, 0) is 32.1 Å². The molecule has 0 saturated carbocycles. The minimum Gasteiger partial charge on any atom is -0.323 e. The monoisotopic (exact) mass is 411 g/mol. The van der Waals surface area contributed by atoms with E-state index in [1.807, 2.05) is 6.07 Å². The number of halogens is 3. The largest absolute Gasteiger partial charge is 0.348 e. The molecular formula is C20H16F3N7. The van der Waals surface area contributed by atoms with Gasteiger partial charge in [0.25, 0.3) is 0 Å². The van der Waals surface area contributed by atoms with Gasteiger partial charge in [0.05, 0.1) is 23.5 Å². The number of aryl methyl sites for hydroxylation is 1. The predicted molar refractivity (Wildman–Crippen MR) is 104 cm³/mol. The Kier molecular flexibility index (Phi) is 5.64. The van der Waals surface area contributed by atoms with Gasteiger partial charge in [0.1, 0.15) is 17.3 Å². The van der Waals surface area contributed by atoms with Gasteiger partial charge in [0.2, 0.25) is 5.82 Å². The zero-order valence-electron chi connectivity index (χ0n) is 16.0. The normalized spacial score (nSPS) is 11.8. The molecule has 0 atom stereocenters. The Labute approximate surface area is 170 Å². The fraction of sp³-hybridized carbons (Fsp3) is 0.150. The number of hydrogen-bond acceptors (Lipinski definition) is 6. The number of hydrogen-bond donors (Lipinski definition) is 2. The van der Waals surface area contributed by atoms with Crippen molar-refractivity contribution < 1.29 is 13.2 Å². The van der Waals surface area contributed by atoms with Crippen LogP contribution in [0, 0.1) is 31.0 Å². The van der Waals surface area contributed by atoms with Crippen LogP contribution in [0.25, 0.3) is 6.08 Å². The van der Waals surface area contributed by atoms with Crippen molar-refractivity contribution in [3.05, 3.63) is 76.9 Å². The highest BCUT2D eigenvalue weighted by molar-refractivity contribution is 5.66. The fourth-order valence-electron chi connectivity index (χ4n) is 2.50. The van der Waals surface area contributed by atoms with Crippen LogP contribution in [0.1, 0.15) is 28.5 Å². The molecule has 0 aliphatic heterocycles. The molecule has 7 nitrogen and oxygen atoms in total. The molecule has 3 aromatic rings. The molecule has 10 heteroatoms. The lowest BCUT2D eigenvalue weighted by atomic mass is 10.1. The third-order valence-electron chi connectivity index (χ3n) is 4.11. The molecule has 0 bridgehead atoms. The van der Waals surface area contributed by atoms with Crippen LogP contribution in [-0.2, 0) is 5.92 Å². The molecule has 3 aromatic heterocycles. The topological polar surface area (TPSA) is 103 Å². The van der Waals surface area contributed by atoms with E-state index in [0.717, 1.165) is 17.8 Å². The smallest absolute Gasteiger partial charge is 0.323 e. The molecular weight excluding hydrogens is 395 g/mol. The summed E-state index contributed by atoms with van der Waals surface area (Å²) in [4.78, 5) is 11.4. The van der Waals surface area contributed by atoms with Crippen molar-refractivity contribution in [3.8, 4) is 6.07 Å². The van der Waals surface area contributed by atoms with Gasteiger partial charge in [-0.15, -0.1) is 0 Å². The number of nitrogens with one attached hydrogen (secondary N) is 2. The van der Waals surface area contributed by atoms with Crippen molar-refractivity contribution in [2.45, 2.75) is 19.8 Å². The van der Waals surface area contributed by atoms with Crippen molar-refractivity contribution in [1.82, 2.24) is 25.1 Å². The molecule has 2 N–H and O–H groups in total. The predicted octanol–water partition coefficient (Wildman–Crippen LogP) is 4.33. The summed E-state index contributed by atoms with van der Waals surface area (Å²) in [7, 11) is 0. The lowest BCUT2D eigenvalue weighted by molar-refractivity contribution is 0.0280. The summed E-state index contributed by atoms with van der Waals surface area (Å²) in [5.74, 6) is -4.90. The van der Waals surface area contributed by atoms with Crippen molar-refractivity contribution in [2.24, 2.45) is 0 Å². The van der Waals surface area contributed by atoms with Crippen LogP contribution in [0.3, 0.4) is 0 Å². The number of aromatic amines is 1. The average molecular weight is 411 g/mol. The van der Waals surface area contributed by atoms with Gasteiger partial charge < -0.3 is 5.32 Å². The van der Waals surface area contributed by atoms with Crippen LogP contribution in [0.15, 0.2) is 42.6 Å². The molecule has 3 heterocycles. The van der Waals surface area contributed by atoms with Gasteiger partial charge in [-0.1, -0.05) is 12.7 Å². The first kappa shape index (κ1) is 20.7. The first-order chi connectivity index (χ1) is 14.2. The lowest BCUT2D eigenvalue weighted by Gasteiger charge is -2.17. The number of pyridine rings is 1. The van der Waals surface area contributed by atoms with E-state index in [1.54, 1.807) is 19.9 Å². The van der Waals surface area contributed by atoms with Crippen LogP contribution in [-0.4, -0.2) is 25.1 Å². The Morgan fingerprint density at radius 2 is 2.07 bits per heavy atom. The maximum absolute atomic E-state index is 15.1. The van der Waals surface area contributed by atoms with Crippen molar-refractivity contribution >= 4 is 17.7 Å². The third-order valence-corrected chi connectivity index (χ3v) is 4.11. The lowest BCUT2D eigenvalue weighted by Crippen LogP contribution is -2.22. The van der Waals surface area contributed by atoms with Crippen molar-refractivity contribution in [2.75, 3.05) is 5.32 Å². The number of rotatable bonds is 6. The van der Waals surface area contributed by atoms with E-state index >= 15 is 8.78 Å². The van der Waals surface area contributed by atoms with Gasteiger partial charge in [-0.2, -0.15) is 19.1 Å². The van der Waals surface area contributed by atoms with Crippen molar-refractivity contribution in [3.63, 3.8) is 0 Å². The summed E-state index contributed by atoms with van der Waals surface area (Å²) in [5.41, 5.74) is 0.676. The Hall–Kier alpha value is -4.00. The molecule has 0 aliphatic carbocycles. The quantitative estimate of drug-likeness (QED) is 0.462. The SMILES string of the molecule is C=C/C(C#N)=C\c1nc(C(F)(F)c2ccc(F)cn2)nc(Nc2cc(C)[nH]n2)c1C. The van der Waals surface area contributed by atoms with Crippen LogP contribution in [0.5, 0.6) is 0 Å². The molecule has 30 heavy (non-hydrogen) atoms. The second-order valence-electron chi connectivity index (χ2n) is 6.32. The number of H-pyrrole nitrogens is 1. The summed E-state index contributed by atoms with van der Waals surface area (Å²) < 4.78 is 43.3. The highest BCUT2D eigenvalue weighted by atomic mass is 19.3. The first-order valence-corrected chi connectivity index (χ1v) is 8.66. The van der Waals surface area contributed by atoms with E-state index < -0.39 is 23.3 Å². The first-order valence-electron chi connectivity index (χ1n) is 8.66.